The molecule has 0 spiro atoms. The SMILES string of the molecule is Cc1ccc(-c2nc3ccc(CCO)cc3n2C)cc1. The van der Waals surface area contributed by atoms with E-state index in [0.29, 0.717) is 6.42 Å². The number of hydrogen-bond donors (Lipinski definition) is 1. The molecule has 0 radical (unpaired) electrons. The quantitative estimate of drug-likeness (QED) is 0.791. The lowest BCUT2D eigenvalue weighted by Gasteiger charge is -2.03. The highest BCUT2D eigenvalue weighted by Gasteiger charge is 2.10. The van der Waals surface area contributed by atoms with Gasteiger partial charge in [-0.1, -0.05) is 35.9 Å². The average molecular weight is 266 g/mol. The van der Waals surface area contributed by atoms with Crippen LogP contribution >= 0.6 is 0 Å². The van der Waals surface area contributed by atoms with Crippen LogP contribution in [0.2, 0.25) is 0 Å². The van der Waals surface area contributed by atoms with Crippen molar-refractivity contribution in [2.24, 2.45) is 7.05 Å². The summed E-state index contributed by atoms with van der Waals surface area (Å²) < 4.78 is 2.11. The van der Waals surface area contributed by atoms with Crippen LogP contribution in [0.3, 0.4) is 0 Å². The molecule has 3 heteroatoms. The molecule has 0 aliphatic carbocycles. The summed E-state index contributed by atoms with van der Waals surface area (Å²) in [6, 6.07) is 14.6. The van der Waals surface area contributed by atoms with Crippen molar-refractivity contribution in [2.75, 3.05) is 6.61 Å². The van der Waals surface area contributed by atoms with Gasteiger partial charge in [0.25, 0.3) is 0 Å². The molecule has 0 amide bonds. The zero-order valence-corrected chi connectivity index (χ0v) is 11.8. The van der Waals surface area contributed by atoms with Crippen molar-refractivity contribution in [1.29, 1.82) is 0 Å². The van der Waals surface area contributed by atoms with E-state index in [1.165, 1.54) is 5.56 Å². The number of aromatic nitrogens is 2. The summed E-state index contributed by atoms with van der Waals surface area (Å²) in [5.41, 5.74) is 5.60. The summed E-state index contributed by atoms with van der Waals surface area (Å²) in [6.45, 7) is 2.26. The van der Waals surface area contributed by atoms with Crippen molar-refractivity contribution in [3.8, 4) is 11.4 Å². The standard InChI is InChI=1S/C17H18N2O/c1-12-3-6-14(7-4-12)17-18-15-8-5-13(9-10-20)11-16(15)19(17)2/h3-8,11,20H,9-10H2,1-2H3. The normalized spacial score (nSPS) is 11.2. The van der Waals surface area contributed by atoms with Crippen molar-refractivity contribution in [2.45, 2.75) is 13.3 Å². The fourth-order valence-corrected chi connectivity index (χ4v) is 2.48. The van der Waals surface area contributed by atoms with Gasteiger partial charge in [0.05, 0.1) is 11.0 Å². The Morgan fingerprint density at radius 3 is 2.55 bits per heavy atom. The number of aliphatic hydroxyl groups excluding tert-OH is 1. The van der Waals surface area contributed by atoms with Crippen LogP contribution in [0, 0.1) is 6.92 Å². The van der Waals surface area contributed by atoms with Crippen molar-refractivity contribution >= 4 is 11.0 Å². The van der Waals surface area contributed by atoms with Gasteiger partial charge < -0.3 is 9.67 Å². The van der Waals surface area contributed by atoms with E-state index in [4.69, 9.17) is 10.1 Å². The molecule has 0 bridgehead atoms. The molecule has 0 unspecified atom stereocenters. The molecule has 0 atom stereocenters. The van der Waals surface area contributed by atoms with Crippen LogP contribution in [0.1, 0.15) is 11.1 Å². The summed E-state index contributed by atoms with van der Waals surface area (Å²) >= 11 is 0. The lowest BCUT2D eigenvalue weighted by molar-refractivity contribution is 0.299. The van der Waals surface area contributed by atoms with Gasteiger partial charge >= 0.3 is 0 Å². The van der Waals surface area contributed by atoms with Crippen LogP contribution in [0.25, 0.3) is 22.4 Å². The van der Waals surface area contributed by atoms with Gasteiger partial charge in [0.1, 0.15) is 5.82 Å². The van der Waals surface area contributed by atoms with E-state index in [2.05, 4.69) is 41.8 Å². The van der Waals surface area contributed by atoms with Gasteiger partial charge in [-0.05, 0) is 31.0 Å². The Kier molecular flexibility index (Phi) is 3.28. The second kappa shape index (κ2) is 5.10. The van der Waals surface area contributed by atoms with Gasteiger partial charge in [0.15, 0.2) is 0 Å². The van der Waals surface area contributed by atoms with E-state index in [0.717, 1.165) is 28.0 Å². The van der Waals surface area contributed by atoms with E-state index in [-0.39, 0.29) is 6.61 Å². The molecule has 1 aromatic heterocycles. The first-order valence-corrected chi connectivity index (χ1v) is 6.82. The van der Waals surface area contributed by atoms with E-state index in [9.17, 15) is 0 Å². The second-order valence-corrected chi connectivity index (χ2v) is 5.16. The second-order valence-electron chi connectivity index (χ2n) is 5.16. The van der Waals surface area contributed by atoms with Gasteiger partial charge in [-0.25, -0.2) is 4.98 Å². The van der Waals surface area contributed by atoms with Crippen LogP contribution in [0.5, 0.6) is 0 Å². The Balaban J connectivity index is 2.12. The predicted octanol–water partition coefficient (Wildman–Crippen LogP) is 3.08. The van der Waals surface area contributed by atoms with Gasteiger partial charge in [-0.15, -0.1) is 0 Å². The Hall–Kier alpha value is -2.13. The minimum atomic E-state index is 0.175. The summed E-state index contributed by atoms with van der Waals surface area (Å²) in [4.78, 5) is 4.71. The fourth-order valence-electron chi connectivity index (χ4n) is 2.48. The Morgan fingerprint density at radius 1 is 1.10 bits per heavy atom. The molecule has 3 rings (SSSR count). The Labute approximate surface area is 118 Å². The van der Waals surface area contributed by atoms with Crippen LogP contribution in [-0.4, -0.2) is 21.3 Å². The highest BCUT2D eigenvalue weighted by atomic mass is 16.2. The minimum absolute atomic E-state index is 0.175. The maximum absolute atomic E-state index is 9.05. The van der Waals surface area contributed by atoms with Gasteiger partial charge in [-0.3, -0.25) is 0 Å². The van der Waals surface area contributed by atoms with Crippen LogP contribution in [0.4, 0.5) is 0 Å². The maximum Gasteiger partial charge on any atom is 0.140 e. The maximum atomic E-state index is 9.05. The number of rotatable bonds is 3. The third kappa shape index (κ3) is 2.21. The van der Waals surface area contributed by atoms with Crippen molar-refractivity contribution in [1.82, 2.24) is 9.55 Å². The lowest BCUT2D eigenvalue weighted by Crippen LogP contribution is -1.94. The molecule has 0 saturated carbocycles. The topological polar surface area (TPSA) is 38.1 Å². The summed E-state index contributed by atoms with van der Waals surface area (Å²) in [5, 5.41) is 9.05. The van der Waals surface area contributed by atoms with Crippen molar-refractivity contribution < 1.29 is 5.11 Å². The van der Waals surface area contributed by atoms with Crippen molar-refractivity contribution in [3.05, 3.63) is 53.6 Å². The van der Waals surface area contributed by atoms with E-state index >= 15 is 0 Å². The Morgan fingerprint density at radius 2 is 1.85 bits per heavy atom. The molecular formula is C17H18N2O. The molecule has 0 aliphatic heterocycles. The molecular weight excluding hydrogens is 248 g/mol. The molecule has 0 saturated heterocycles. The molecule has 20 heavy (non-hydrogen) atoms. The predicted molar refractivity (Wildman–Crippen MR) is 81.7 cm³/mol. The van der Waals surface area contributed by atoms with E-state index in [1.54, 1.807) is 0 Å². The first-order chi connectivity index (χ1) is 9.69. The number of benzene rings is 2. The van der Waals surface area contributed by atoms with E-state index < -0.39 is 0 Å². The smallest absolute Gasteiger partial charge is 0.140 e. The monoisotopic (exact) mass is 266 g/mol. The summed E-state index contributed by atoms with van der Waals surface area (Å²) in [5.74, 6) is 0.973. The van der Waals surface area contributed by atoms with Gasteiger partial charge in [0, 0.05) is 19.2 Å². The van der Waals surface area contributed by atoms with Crippen molar-refractivity contribution in [3.63, 3.8) is 0 Å². The summed E-state index contributed by atoms with van der Waals surface area (Å²) in [7, 11) is 2.03. The number of imidazole rings is 1. The molecule has 0 aliphatic rings. The zero-order valence-electron chi connectivity index (χ0n) is 11.8. The highest BCUT2D eigenvalue weighted by Crippen LogP contribution is 2.24. The van der Waals surface area contributed by atoms with Crippen LogP contribution in [0.15, 0.2) is 42.5 Å². The number of aliphatic hydroxyl groups is 1. The molecule has 102 valence electrons. The first kappa shape index (κ1) is 12.9. The molecule has 1 heterocycles. The largest absolute Gasteiger partial charge is 0.396 e. The summed E-state index contributed by atoms with van der Waals surface area (Å²) in [6.07, 6.45) is 0.682. The van der Waals surface area contributed by atoms with E-state index in [1.807, 2.05) is 19.2 Å². The zero-order chi connectivity index (χ0) is 14.1. The third-order valence-electron chi connectivity index (χ3n) is 3.66. The molecule has 3 nitrogen and oxygen atoms in total. The molecule has 1 N–H and O–H groups in total. The number of aryl methyl sites for hydroxylation is 2. The van der Waals surface area contributed by atoms with Gasteiger partial charge in [0.2, 0.25) is 0 Å². The minimum Gasteiger partial charge on any atom is -0.396 e. The third-order valence-corrected chi connectivity index (χ3v) is 3.66. The highest BCUT2D eigenvalue weighted by molar-refractivity contribution is 5.81. The first-order valence-electron chi connectivity index (χ1n) is 6.82. The van der Waals surface area contributed by atoms with Crippen LogP contribution in [-0.2, 0) is 13.5 Å². The van der Waals surface area contributed by atoms with Crippen LogP contribution < -0.4 is 0 Å². The van der Waals surface area contributed by atoms with Gasteiger partial charge in [-0.2, -0.15) is 0 Å². The lowest BCUT2D eigenvalue weighted by atomic mass is 10.1. The number of nitrogens with zero attached hydrogens (tertiary/aromatic N) is 2. The fraction of sp³-hybridized carbons (Fsp3) is 0.235. The molecule has 2 aromatic carbocycles. The molecule has 0 fully saturated rings. The number of fused-ring (bicyclic) bond motifs is 1. The Bertz CT molecular complexity index is 742. The number of hydrogen-bond acceptors (Lipinski definition) is 2. The average Bonchev–Trinajstić information content (AvgIpc) is 2.78. The molecule has 3 aromatic rings.